The number of benzene rings is 1. The van der Waals surface area contributed by atoms with Crippen LogP contribution in [0.4, 0.5) is 4.39 Å². The molecule has 0 unspecified atom stereocenters. The van der Waals surface area contributed by atoms with Crippen molar-refractivity contribution in [3.05, 3.63) is 31.2 Å². The van der Waals surface area contributed by atoms with Crippen LogP contribution in [0.15, 0.2) is 9.27 Å². The van der Waals surface area contributed by atoms with Gasteiger partial charge in [-0.05, 0) is 27.9 Å². The van der Waals surface area contributed by atoms with Crippen LogP contribution in [-0.4, -0.2) is 17.1 Å². The second-order valence-corrected chi connectivity index (χ2v) is 5.14. The van der Waals surface area contributed by atoms with Crippen molar-refractivity contribution in [3.63, 3.8) is 0 Å². The summed E-state index contributed by atoms with van der Waals surface area (Å²) in [5.41, 5.74) is 0.0859. The third-order valence-corrected chi connectivity index (χ3v) is 4.14. The lowest BCUT2D eigenvalue weighted by Gasteiger charge is -2.11. The summed E-state index contributed by atoms with van der Waals surface area (Å²) >= 11 is 9.20. The smallest absolute Gasteiger partial charge is 0.296 e. The van der Waals surface area contributed by atoms with Crippen LogP contribution in [0.1, 0.15) is 18.9 Å². The first-order chi connectivity index (χ1) is 9.01. The van der Waals surface area contributed by atoms with Crippen molar-refractivity contribution < 1.29 is 9.13 Å². The number of aromatic nitrogens is 2. The van der Waals surface area contributed by atoms with Gasteiger partial charge in [0.2, 0.25) is 0 Å². The van der Waals surface area contributed by atoms with Gasteiger partial charge in [0.15, 0.2) is 5.82 Å². The molecule has 0 aliphatic rings. The predicted octanol–water partition coefficient (Wildman–Crippen LogP) is 3.44. The minimum Gasteiger partial charge on any atom is -0.468 e. The number of nitrogens with one attached hydrogen (secondary N) is 1. The third kappa shape index (κ3) is 2.34. The summed E-state index contributed by atoms with van der Waals surface area (Å²) in [6, 6.07) is -0.0342. The number of hydrogen-bond acceptors (Lipinski definition) is 3. The average molecular weight is 350 g/mol. The Kier molecular flexibility index (Phi) is 4.10. The average Bonchev–Trinajstić information content (AvgIpc) is 2.40. The highest BCUT2D eigenvalue weighted by Crippen LogP contribution is 2.35. The molecule has 2 aromatic rings. The zero-order valence-corrected chi connectivity index (χ0v) is 12.7. The SMILES string of the molecule is CCCc1c(Cl)c(Br)c(F)c2nc(OC)[nH]c(=O)c12. The first kappa shape index (κ1) is 14.3. The van der Waals surface area contributed by atoms with Crippen molar-refractivity contribution >= 4 is 38.4 Å². The predicted molar refractivity (Wildman–Crippen MR) is 75.6 cm³/mol. The maximum Gasteiger partial charge on any atom is 0.296 e. The van der Waals surface area contributed by atoms with E-state index in [0.717, 1.165) is 6.42 Å². The molecule has 0 aliphatic heterocycles. The quantitative estimate of drug-likeness (QED) is 0.864. The van der Waals surface area contributed by atoms with Gasteiger partial charge in [-0.1, -0.05) is 24.9 Å². The van der Waals surface area contributed by atoms with Gasteiger partial charge in [-0.25, -0.2) is 4.39 Å². The van der Waals surface area contributed by atoms with Crippen LogP contribution >= 0.6 is 27.5 Å². The molecule has 0 fully saturated rings. The number of hydrogen-bond donors (Lipinski definition) is 1. The van der Waals surface area contributed by atoms with Crippen LogP contribution in [-0.2, 0) is 6.42 Å². The number of nitrogens with zero attached hydrogens (tertiary/aromatic N) is 1. The first-order valence-corrected chi connectivity index (χ1v) is 6.81. The van der Waals surface area contributed by atoms with Gasteiger partial charge >= 0.3 is 0 Å². The highest BCUT2D eigenvalue weighted by molar-refractivity contribution is 9.10. The number of aryl methyl sites for hydroxylation is 1. The summed E-state index contributed by atoms with van der Waals surface area (Å²) in [4.78, 5) is 18.5. The van der Waals surface area contributed by atoms with Gasteiger partial charge in [0.25, 0.3) is 11.6 Å². The van der Waals surface area contributed by atoms with E-state index in [0.29, 0.717) is 12.0 Å². The molecule has 1 heterocycles. The second kappa shape index (κ2) is 5.46. The highest BCUT2D eigenvalue weighted by Gasteiger charge is 2.20. The fourth-order valence-corrected chi connectivity index (χ4v) is 2.61. The number of fused-ring (bicyclic) bond motifs is 1. The van der Waals surface area contributed by atoms with Gasteiger partial charge in [-0.2, -0.15) is 4.98 Å². The molecule has 0 atom stereocenters. The van der Waals surface area contributed by atoms with Crippen LogP contribution in [0, 0.1) is 5.82 Å². The molecule has 0 aliphatic carbocycles. The fraction of sp³-hybridized carbons (Fsp3) is 0.333. The molecule has 102 valence electrons. The Morgan fingerprint density at radius 1 is 1.53 bits per heavy atom. The summed E-state index contributed by atoms with van der Waals surface area (Å²) in [5, 5.41) is 0.387. The lowest BCUT2D eigenvalue weighted by atomic mass is 10.0. The molecule has 0 amide bonds. The second-order valence-electron chi connectivity index (χ2n) is 3.97. The Bertz CT molecular complexity index is 702. The van der Waals surface area contributed by atoms with Crippen molar-refractivity contribution in [2.75, 3.05) is 7.11 Å². The van der Waals surface area contributed by atoms with E-state index in [1.807, 2.05) is 6.92 Å². The van der Waals surface area contributed by atoms with Crippen molar-refractivity contribution in [3.8, 4) is 6.01 Å². The Morgan fingerprint density at radius 3 is 2.79 bits per heavy atom. The van der Waals surface area contributed by atoms with E-state index >= 15 is 0 Å². The summed E-state index contributed by atoms with van der Waals surface area (Å²) in [6.45, 7) is 1.95. The molecule has 19 heavy (non-hydrogen) atoms. The number of ether oxygens (including phenoxy) is 1. The molecule has 1 N–H and O–H groups in total. The zero-order valence-electron chi connectivity index (χ0n) is 10.3. The molecular weight excluding hydrogens is 338 g/mol. The topological polar surface area (TPSA) is 55.0 Å². The molecule has 0 saturated heterocycles. The molecular formula is C12H11BrClFN2O2. The van der Waals surface area contributed by atoms with Crippen LogP contribution in [0.3, 0.4) is 0 Å². The van der Waals surface area contributed by atoms with E-state index in [2.05, 4.69) is 25.9 Å². The van der Waals surface area contributed by atoms with Crippen LogP contribution < -0.4 is 10.3 Å². The lowest BCUT2D eigenvalue weighted by Crippen LogP contribution is -2.13. The largest absolute Gasteiger partial charge is 0.468 e. The van der Waals surface area contributed by atoms with Gasteiger partial charge in [-0.15, -0.1) is 0 Å². The maximum absolute atomic E-state index is 14.2. The summed E-state index contributed by atoms with van der Waals surface area (Å²) in [7, 11) is 1.35. The number of rotatable bonds is 3. The number of aromatic amines is 1. The van der Waals surface area contributed by atoms with Gasteiger partial charge in [0.1, 0.15) is 5.52 Å². The Morgan fingerprint density at radius 2 is 2.21 bits per heavy atom. The molecule has 1 aromatic carbocycles. The molecule has 7 heteroatoms. The standard InChI is InChI=1S/C12H11BrClFN2O2/c1-3-4-5-6-10(9(15)7(13)8(5)14)16-12(19-2)17-11(6)18/h3-4H2,1-2H3,(H,16,17,18). The Labute approximate surface area is 122 Å². The number of methoxy groups -OCH3 is 1. The molecule has 4 nitrogen and oxygen atoms in total. The van der Waals surface area contributed by atoms with Gasteiger partial charge in [0.05, 0.1) is 22.0 Å². The molecule has 2 rings (SSSR count). The van der Waals surface area contributed by atoms with E-state index < -0.39 is 11.4 Å². The summed E-state index contributed by atoms with van der Waals surface area (Å²) < 4.78 is 19.1. The van der Waals surface area contributed by atoms with Gasteiger partial charge in [0, 0.05) is 0 Å². The molecule has 0 spiro atoms. The molecule has 0 saturated carbocycles. The normalized spacial score (nSPS) is 11.0. The molecule has 0 bridgehead atoms. The van der Waals surface area contributed by atoms with Crippen LogP contribution in [0.25, 0.3) is 10.9 Å². The molecule has 1 aromatic heterocycles. The maximum atomic E-state index is 14.2. The van der Waals surface area contributed by atoms with Crippen LogP contribution in [0.5, 0.6) is 6.01 Å². The van der Waals surface area contributed by atoms with E-state index in [9.17, 15) is 9.18 Å². The minimum atomic E-state index is -0.663. The third-order valence-electron chi connectivity index (χ3n) is 2.75. The summed E-state index contributed by atoms with van der Waals surface area (Å²) in [5.74, 6) is -0.663. The number of halogens is 3. The van der Waals surface area contributed by atoms with Crippen molar-refractivity contribution in [2.24, 2.45) is 0 Å². The summed E-state index contributed by atoms with van der Waals surface area (Å²) in [6.07, 6.45) is 1.34. The highest BCUT2D eigenvalue weighted by atomic mass is 79.9. The van der Waals surface area contributed by atoms with E-state index in [1.165, 1.54) is 7.11 Å². The van der Waals surface area contributed by atoms with Gasteiger partial charge < -0.3 is 4.74 Å². The van der Waals surface area contributed by atoms with Crippen LogP contribution in [0.2, 0.25) is 5.02 Å². The Balaban J connectivity index is 2.98. The monoisotopic (exact) mass is 348 g/mol. The van der Waals surface area contributed by atoms with Crippen molar-refractivity contribution in [1.82, 2.24) is 9.97 Å². The molecule has 0 radical (unpaired) electrons. The number of H-pyrrole nitrogens is 1. The van der Waals surface area contributed by atoms with E-state index in [4.69, 9.17) is 16.3 Å². The van der Waals surface area contributed by atoms with Crippen molar-refractivity contribution in [2.45, 2.75) is 19.8 Å². The van der Waals surface area contributed by atoms with E-state index in [1.54, 1.807) is 0 Å². The van der Waals surface area contributed by atoms with Crippen molar-refractivity contribution in [1.29, 1.82) is 0 Å². The first-order valence-electron chi connectivity index (χ1n) is 5.64. The minimum absolute atomic E-state index is 0.0342. The van der Waals surface area contributed by atoms with E-state index in [-0.39, 0.29) is 26.4 Å². The zero-order chi connectivity index (χ0) is 14.2. The fourth-order valence-electron chi connectivity index (χ4n) is 1.92. The lowest BCUT2D eigenvalue weighted by molar-refractivity contribution is 0.380. The van der Waals surface area contributed by atoms with Gasteiger partial charge in [-0.3, -0.25) is 9.78 Å². The Hall–Kier alpha value is -1.14.